The maximum Gasteiger partial charge on any atom is 0.273 e. The highest BCUT2D eigenvalue weighted by atomic mass is 35.5. The summed E-state index contributed by atoms with van der Waals surface area (Å²) in [4.78, 5) is 21.0. The number of aromatic nitrogens is 2. The Morgan fingerprint density at radius 2 is 2.04 bits per heavy atom. The Labute approximate surface area is 140 Å². The topological polar surface area (TPSA) is 80.9 Å². The summed E-state index contributed by atoms with van der Waals surface area (Å²) in [5.74, 6) is -0.116. The minimum atomic E-state index is -0.259. The molecule has 120 valence electrons. The number of halogens is 1. The number of nitrogens with one attached hydrogen (secondary N) is 1. The highest BCUT2D eigenvalue weighted by Gasteiger charge is 2.20. The Bertz CT molecular complexity index is 713. The van der Waals surface area contributed by atoms with Gasteiger partial charge in [-0.05, 0) is 25.0 Å². The van der Waals surface area contributed by atoms with Crippen molar-refractivity contribution in [3.63, 3.8) is 0 Å². The number of hydrogen-bond acceptors (Lipinski definition) is 4. The van der Waals surface area contributed by atoms with Crippen LogP contribution in [0.15, 0.2) is 30.5 Å². The lowest BCUT2D eigenvalue weighted by Crippen LogP contribution is -2.37. The predicted molar refractivity (Wildman–Crippen MR) is 91.2 cm³/mol. The van der Waals surface area contributed by atoms with E-state index in [-0.39, 0.29) is 23.5 Å². The van der Waals surface area contributed by atoms with Crippen LogP contribution < -0.4 is 11.1 Å². The molecule has 1 saturated carbocycles. The van der Waals surface area contributed by atoms with Crippen LogP contribution >= 0.6 is 11.6 Å². The average Bonchev–Trinajstić information content (AvgIpc) is 2.56. The molecule has 0 bridgehead atoms. The molecule has 3 rings (SSSR count). The second-order valence-electron chi connectivity index (χ2n) is 5.81. The van der Waals surface area contributed by atoms with Gasteiger partial charge in [-0.1, -0.05) is 43.0 Å². The van der Waals surface area contributed by atoms with E-state index in [2.05, 4.69) is 15.3 Å². The van der Waals surface area contributed by atoms with Gasteiger partial charge in [0.25, 0.3) is 5.91 Å². The minimum Gasteiger partial charge on any atom is -0.382 e. The summed E-state index contributed by atoms with van der Waals surface area (Å²) in [6.07, 6.45) is 7.10. The molecule has 5 nitrogen and oxygen atoms in total. The summed E-state index contributed by atoms with van der Waals surface area (Å²) in [6, 6.07) is 7.47. The number of carbonyl (C=O) groups excluding carboxylic acids is 1. The molecule has 1 aliphatic rings. The van der Waals surface area contributed by atoms with Crippen molar-refractivity contribution in [3.05, 3.63) is 41.2 Å². The van der Waals surface area contributed by atoms with Gasteiger partial charge in [0.05, 0.1) is 11.9 Å². The molecule has 1 aromatic heterocycles. The summed E-state index contributed by atoms with van der Waals surface area (Å²) < 4.78 is 0. The monoisotopic (exact) mass is 330 g/mol. The summed E-state index contributed by atoms with van der Waals surface area (Å²) in [6.45, 7) is 0. The van der Waals surface area contributed by atoms with E-state index in [1.54, 1.807) is 18.3 Å². The number of anilines is 1. The van der Waals surface area contributed by atoms with Crippen molar-refractivity contribution in [2.24, 2.45) is 0 Å². The summed E-state index contributed by atoms with van der Waals surface area (Å²) in [5.41, 5.74) is 7.40. The van der Waals surface area contributed by atoms with Crippen molar-refractivity contribution < 1.29 is 4.79 Å². The molecule has 0 saturated heterocycles. The molecule has 0 spiro atoms. The smallest absolute Gasteiger partial charge is 0.273 e. The predicted octanol–water partition coefficient (Wildman–Crippen LogP) is 3.44. The number of carbonyl (C=O) groups is 1. The van der Waals surface area contributed by atoms with Gasteiger partial charge in [0.1, 0.15) is 0 Å². The number of nitrogens with zero attached hydrogens (tertiary/aromatic N) is 2. The third kappa shape index (κ3) is 3.79. The molecule has 0 atom stereocenters. The van der Waals surface area contributed by atoms with Gasteiger partial charge in [0, 0.05) is 16.6 Å². The number of hydrogen-bond donors (Lipinski definition) is 2. The van der Waals surface area contributed by atoms with Gasteiger partial charge >= 0.3 is 0 Å². The fourth-order valence-corrected chi connectivity index (χ4v) is 3.04. The zero-order chi connectivity index (χ0) is 16.2. The molecule has 1 aliphatic carbocycles. The van der Waals surface area contributed by atoms with Crippen LogP contribution in [-0.2, 0) is 0 Å². The molecule has 3 N–H and O–H groups in total. The normalized spacial score (nSPS) is 15.3. The second-order valence-corrected chi connectivity index (χ2v) is 6.24. The zero-order valence-corrected chi connectivity index (χ0v) is 13.5. The van der Waals surface area contributed by atoms with Crippen LogP contribution in [-0.4, -0.2) is 21.9 Å². The molecule has 1 heterocycles. The number of rotatable bonds is 3. The van der Waals surface area contributed by atoms with E-state index in [0.29, 0.717) is 10.7 Å². The molecule has 0 radical (unpaired) electrons. The molecule has 1 amide bonds. The zero-order valence-electron chi connectivity index (χ0n) is 12.8. The molecule has 0 unspecified atom stereocenters. The van der Waals surface area contributed by atoms with Crippen molar-refractivity contribution in [2.45, 2.75) is 38.1 Å². The summed E-state index contributed by atoms with van der Waals surface area (Å²) >= 11 is 6.01. The van der Waals surface area contributed by atoms with Crippen molar-refractivity contribution in [1.29, 1.82) is 0 Å². The summed E-state index contributed by atoms with van der Waals surface area (Å²) in [7, 11) is 0. The SMILES string of the molecule is Nc1ncc(-c2cccc(Cl)c2)nc1C(=O)NC1CCCCC1. The fourth-order valence-electron chi connectivity index (χ4n) is 2.85. The van der Waals surface area contributed by atoms with Gasteiger partial charge in [-0.3, -0.25) is 4.79 Å². The number of nitrogen functional groups attached to an aromatic ring is 1. The van der Waals surface area contributed by atoms with Crippen LogP contribution in [0.5, 0.6) is 0 Å². The van der Waals surface area contributed by atoms with E-state index in [1.165, 1.54) is 6.42 Å². The fraction of sp³-hybridized carbons (Fsp3) is 0.353. The van der Waals surface area contributed by atoms with E-state index < -0.39 is 0 Å². The maximum atomic E-state index is 12.5. The van der Waals surface area contributed by atoms with Crippen molar-refractivity contribution in [3.8, 4) is 11.3 Å². The lowest BCUT2D eigenvalue weighted by atomic mass is 9.95. The van der Waals surface area contributed by atoms with E-state index in [4.69, 9.17) is 17.3 Å². The quantitative estimate of drug-likeness (QED) is 0.903. The van der Waals surface area contributed by atoms with Crippen LogP contribution in [0.1, 0.15) is 42.6 Å². The number of nitrogens with two attached hydrogens (primary N) is 1. The standard InChI is InChI=1S/C17H19ClN4O/c18-12-6-4-5-11(9-12)14-10-20-16(19)15(22-14)17(23)21-13-7-2-1-3-8-13/h4-6,9-10,13H,1-3,7-8H2,(H2,19,20)(H,21,23). The van der Waals surface area contributed by atoms with Gasteiger partial charge in [-0.15, -0.1) is 0 Å². The molecule has 1 aromatic carbocycles. The Hall–Kier alpha value is -2.14. The highest BCUT2D eigenvalue weighted by Crippen LogP contribution is 2.22. The Balaban J connectivity index is 1.83. The first-order valence-corrected chi connectivity index (χ1v) is 8.20. The number of benzene rings is 1. The van der Waals surface area contributed by atoms with E-state index >= 15 is 0 Å². The van der Waals surface area contributed by atoms with E-state index in [9.17, 15) is 4.79 Å². The highest BCUT2D eigenvalue weighted by molar-refractivity contribution is 6.30. The molecular weight excluding hydrogens is 312 g/mol. The molecule has 6 heteroatoms. The third-order valence-corrected chi connectivity index (χ3v) is 4.31. The van der Waals surface area contributed by atoms with Gasteiger partial charge < -0.3 is 11.1 Å². The Morgan fingerprint density at radius 1 is 1.26 bits per heavy atom. The van der Waals surface area contributed by atoms with Gasteiger partial charge in [0.15, 0.2) is 11.5 Å². The van der Waals surface area contributed by atoms with Crippen LogP contribution in [0.4, 0.5) is 5.82 Å². The van der Waals surface area contributed by atoms with Crippen LogP contribution in [0.3, 0.4) is 0 Å². The van der Waals surface area contributed by atoms with Crippen molar-refractivity contribution in [2.75, 3.05) is 5.73 Å². The first kappa shape index (κ1) is 15.7. The van der Waals surface area contributed by atoms with Gasteiger partial charge in [-0.25, -0.2) is 9.97 Å². The van der Waals surface area contributed by atoms with Crippen LogP contribution in [0, 0.1) is 0 Å². The number of amides is 1. The maximum absolute atomic E-state index is 12.5. The van der Waals surface area contributed by atoms with Gasteiger partial charge in [0.2, 0.25) is 0 Å². The minimum absolute atomic E-state index is 0.143. The second kappa shape index (κ2) is 6.96. The molecule has 1 fully saturated rings. The molecule has 23 heavy (non-hydrogen) atoms. The largest absolute Gasteiger partial charge is 0.382 e. The average molecular weight is 331 g/mol. The van der Waals surface area contributed by atoms with Gasteiger partial charge in [-0.2, -0.15) is 0 Å². The third-order valence-electron chi connectivity index (χ3n) is 4.08. The molecule has 0 aliphatic heterocycles. The molecular formula is C17H19ClN4O. The lowest BCUT2D eigenvalue weighted by Gasteiger charge is -2.22. The van der Waals surface area contributed by atoms with Crippen LogP contribution in [0.25, 0.3) is 11.3 Å². The first-order valence-electron chi connectivity index (χ1n) is 7.83. The Morgan fingerprint density at radius 3 is 2.78 bits per heavy atom. The first-order chi connectivity index (χ1) is 11.1. The lowest BCUT2D eigenvalue weighted by molar-refractivity contribution is 0.0923. The summed E-state index contributed by atoms with van der Waals surface area (Å²) in [5, 5.41) is 3.62. The van der Waals surface area contributed by atoms with Crippen LogP contribution in [0.2, 0.25) is 5.02 Å². The van der Waals surface area contributed by atoms with Crippen molar-refractivity contribution in [1.82, 2.24) is 15.3 Å². The molecule has 2 aromatic rings. The van der Waals surface area contributed by atoms with E-state index in [1.807, 2.05) is 12.1 Å². The van der Waals surface area contributed by atoms with Crippen molar-refractivity contribution >= 4 is 23.3 Å². The Kier molecular flexibility index (Phi) is 4.76. The van der Waals surface area contributed by atoms with E-state index in [0.717, 1.165) is 31.2 Å².